The lowest BCUT2D eigenvalue weighted by molar-refractivity contribution is -0.121. The van der Waals surface area contributed by atoms with Crippen molar-refractivity contribution in [3.05, 3.63) is 29.3 Å². The molecule has 0 fully saturated rings. The monoisotopic (exact) mass is 233 g/mol. The predicted octanol–water partition coefficient (Wildman–Crippen LogP) is -0.261. The maximum atomic E-state index is 12.0. The van der Waals surface area contributed by atoms with Gasteiger partial charge in [0, 0.05) is 5.69 Å². The number of fused-ring (bicyclic) bond motifs is 1. The van der Waals surface area contributed by atoms with Crippen molar-refractivity contribution in [1.29, 1.82) is 0 Å². The average molecular weight is 233 g/mol. The van der Waals surface area contributed by atoms with Crippen molar-refractivity contribution < 1.29 is 14.4 Å². The number of primary amides is 1. The molecule has 1 unspecified atom stereocenters. The van der Waals surface area contributed by atoms with E-state index >= 15 is 0 Å². The van der Waals surface area contributed by atoms with Gasteiger partial charge in [0.1, 0.15) is 6.04 Å². The second-order valence-corrected chi connectivity index (χ2v) is 3.83. The SMILES string of the molecule is CC(C(N)=O)N1C(=O)c2cccc(N)c2C1=O. The molecule has 6 nitrogen and oxygen atoms in total. The van der Waals surface area contributed by atoms with Crippen LogP contribution in [0, 0.1) is 0 Å². The average Bonchev–Trinajstić information content (AvgIpc) is 2.52. The molecule has 2 rings (SSSR count). The molecule has 88 valence electrons. The first-order valence-electron chi connectivity index (χ1n) is 5.01. The summed E-state index contributed by atoms with van der Waals surface area (Å²) in [6, 6.07) is 3.63. The van der Waals surface area contributed by atoms with E-state index < -0.39 is 23.8 Å². The maximum absolute atomic E-state index is 12.0. The Kier molecular flexibility index (Phi) is 2.35. The summed E-state index contributed by atoms with van der Waals surface area (Å²) in [4.78, 5) is 35.8. The second kappa shape index (κ2) is 3.58. The smallest absolute Gasteiger partial charge is 0.264 e. The van der Waals surface area contributed by atoms with Crippen LogP contribution in [-0.2, 0) is 4.79 Å². The fraction of sp³-hybridized carbons (Fsp3) is 0.182. The lowest BCUT2D eigenvalue weighted by Crippen LogP contribution is -2.45. The van der Waals surface area contributed by atoms with Gasteiger partial charge in [-0.25, -0.2) is 0 Å². The highest BCUT2D eigenvalue weighted by molar-refractivity contribution is 6.24. The van der Waals surface area contributed by atoms with Gasteiger partial charge in [-0.1, -0.05) is 6.07 Å². The van der Waals surface area contributed by atoms with Gasteiger partial charge in [-0.3, -0.25) is 19.3 Å². The van der Waals surface area contributed by atoms with Crippen molar-refractivity contribution in [2.75, 3.05) is 5.73 Å². The summed E-state index contributed by atoms with van der Waals surface area (Å²) in [5.41, 5.74) is 11.3. The first kappa shape index (κ1) is 11.1. The maximum Gasteiger partial charge on any atom is 0.264 e. The number of nitrogens with two attached hydrogens (primary N) is 2. The quantitative estimate of drug-likeness (QED) is 0.542. The number of carbonyl (C=O) groups excluding carboxylic acids is 3. The van der Waals surface area contributed by atoms with Gasteiger partial charge in [-0.2, -0.15) is 0 Å². The summed E-state index contributed by atoms with van der Waals surface area (Å²) < 4.78 is 0. The third-order valence-corrected chi connectivity index (χ3v) is 2.78. The number of nitrogen functional groups attached to an aromatic ring is 1. The lowest BCUT2D eigenvalue weighted by atomic mass is 10.1. The molecule has 0 spiro atoms. The third-order valence-electron chi connectivity index (χ3n) is 2.78. The highest BCUT2D eigenvalue weighted by Gasteiger charge is 2.41. The van der Waals surface area contributed by atoms with E-state index in [-0.39, 0.29) is 16.8 Å². The van der Waals surface area contributed by atoms with Crippen molar-refractivity contribution in [1.82, 2.24) is 4.90 Å². The van der Waals surface area contributed by atoms with Crippen LogP contribution in [0.15, 0.2) is 18.2 Å². The summed E-state index contributed by atoms with van der Waals surface area (Å²) in [5.74, 6) is -1.85. The van der Waals surface area contributed by atoms with E-state index in [4.69, 9.17) is 11.5 Å². The Hall–Kier alpha value is -2.37. The molecule has 6 heteroatoms. The van der Waals surface area contributed by atoms with Crippen LogP contribution in [0.25, 0.3) is 0 Å². The summed E-state index contributed by atoms with van der Waals surface area (Å²) in [6.45, 7) is 1.40. The minimum atomic E-state index is -0.984. The number of rotatable bonds is 2. The molecule has 0 saturated carbocycles. The van der Waals surface area contributed by atoms with E-state index in [0.717, 1.165) is 4.90 Å². The van der Waals surface area contributed by atoms with Gasteiger partial charge in [0.05, 0.1) is 11.1 Å². The van der Waals surface area contributed by atoms with Crippen LogP contribution >= 0.6 is 0 Å². The van der Waals surface area contributed by atoms with Gasteiger partial charge in [0.15, 0.2) is 0 Å². The molecule has 1 atom stereocenters. The third kappa shape index (κ3) is 1.45. The van der Waals surface area contributed by atoms with Crippen LogP contribution in [0.4, 0.5) is 5.69 Å². The van der Waals surface area contributed by atoms with Gasteiger partial charge in [-0.05, 0) is 19.1 Å². The Bertz CT molecular complexity index is 539. The lowest BCUT2D eigenvalue weighted by Gasteiger charge is -2.19. The van der Waals surface area contributed by atoms with Crippen LogP contribution in [-0.4, -0.2) is 28.7 Å². The van der Waals surface area contributed by atoms with Crippen molar-refractivity contribution >= 4 is 23.4 Å². The van der Waals surface area contributed by atoms with Crippen LogP contribution in [0.3, 0.4) is 0 Å². The fourth-order valence-corrected chi connectivity index (χ4v) is 1.81. The van der Waals surface area contributed by atoms with E-state index in [1.54, 1.807) is 6.07 Å². The van der Waals surface area contributed by atoms with Crippen molar-refractivity contribution in [3.8, 4) is 0 Å². The van der Waals surface area contributed by atoms with Crippen LogP contribution in [0.2, 0.25) is 0 Å². The first-order valence-corrected chi connectivity index (χ1v) is 5.01. The zero-order chi connectivity index (χ0) is 12.7. The summed E-state index contributed by atoms with van der Waals surface area (Å²) in [7, 11) is 0. The minimum Gasteiger partial charge on any atom is -0.398 e. The number of carbonyl (C=O) groups is 3. The zero-order valence-corrected chi connectivity index (χ0v) is 9.14. The molecule has 0 saturated heterocycles. The van der Waals surface area contributed by atoms with Gasteiger partial charge in [0.2, 0.25) is 5.91 Å². The Morgan fingerprint density at radius 2 is 1.94 bits per heavy atom. The van der Waals surface area contributed by atoms with Crippen LogP contribution < -0.4 is 11.5 Å². The number of nitrogens with zero attached hydrogens (tertiary/aromatic N) is 1. The van der Waals surface area contributed by atoms with Gasteiger partial charge >= 0.3 is 0 Å². The van der Waals surface area contributed by atoms with E-state index in [0.29, 0.717) is 0 Å². The highest BCUT2D eigenvalue weighted by atomic mass is 16.2. The Labute approximate surface area is 97.2 Å². The molecular weight excluding hydrogens is 222 g/mol. The Balaban J connectivity index is 2.53. The van der Waals surface area contributed by atoms with Gasteiger partial charge in [-0.15, -0.1) is 0 Å². The Morgan fingerprint density at radius 3 is 2.47 bits per heavy atom. The largest absolute Gasteiger partial charge is 0.398 e. The summed E-state index contributed by atoms with van der Waals surface area (Å²) in [6.07, 6.45) is 0. The molecule has 17 heavy (non-hydrogen) atoms. The van der Waals surface area contributed by atoms with E-state index in [1.807, 2.05) is 0 Å². The van der Waals surface area contributed by atoms with Crippen LogP contribution in [0.1, 0.15) is 27.6 Å². The normalized spacial score (nSPS) is 15.9. The van der Waals surface area contributed by atoms with Gasteiger partial charge < -0.3 is 11.5 Å². The predicted molar refractivity (Wildman–Crippen MR) is 60.0 cm³/mol. The van der Waals surface area contributed by atoms with E-state index in [1.165, 1.54) is 19.1 Å². The van der Waals surface area contributed by atoms with Crippen LogP contribution in [0.5, 0.6) is 0 Å². The molecule has 0 radical (unpaired) electrons. The molecule has 1 heterocycles. The molecule has 0 bridgehead atoms. The molecule has 0 aromatic heterocycles. The zero-order valence-electron chi connectivity index (χ0n) is 9.14. The molecule has 3 amide bonds. The molecular formula is C11H11N3O3. The van der Waals surface area contributed by atoms with Crippen molar-refractivity contribution in [2.45, 2.75) is 13.0 Å². The number of hydrogen-bond acceptors (Lipinski definition) is 4. The number of amides is 3. The second-order valence-electron chi connectivity index (χ2n) is 3.83. The number of anilines is 1. The molecule has 1 aromatic carbocycles. The Morgan fingerprint density at radius 1 is 1.29 bits per heavy atom. The van der Waals surface area contributed by atoms with E-state index in [2.05, 4.69) is 0 Å². The molecule has 4 N–H and O–H groups in total. The van der Waals surface area contributed by atoms with Gasteiger partial charge in [0.25, 0.3) is 11.8 Å². The minimum absolute atomic E-state index is 0.144. The first-order chi connectivity index (χ1) is 7.95. The van der Waals surface area contributed by atoms with Crippen molar-refractivity contribution in [2.24, 2.45) is 5.73 Å². The molecule has 1 aliphatic rings. The van der Waals surface area contributed by atoms with Crippen molar-refractivity contribution in [3.63, 3.8) is 0 Å². The molecule has 1 aliphatic heterocycles. The topological polar surface area (TPSA) is 106 Å². The summed E-state index contributed by atoms with van der Waals surface area (Å²) >= 11 is 0. The van der Waals surface area contributed by atoms with E-state index in [9.17, 15) is 14.4 Å². The standard InChI is InChI=1S/C11H11N3O3/c1-5(9(13)15)14-10(16)6-3-2-4-7(12)8(6)11(14)17/h2-5H,12H2,1H3,(H2,13,15). The number of benzene rings is 1. The summed E-state index contributed by atoms with van der Waals surface area (Å²) in [5, 5.41) is 0. The molecule has 0 aliphatic carbocycles. The molecule has 1 aromatic rings. The number of hydrogen-bond donors (Lipinski definition) is 2. The fourth-order valence-electron chi connectivity index (χ4n) is 1.81. The number of imide groups is 1. The highest BCUT2D eigenvalue weighted by Crippen LogP contribution is 2.28.